The van der Waals surface area contributed by atoms with Crippen LogP contribution < -0.4 is 10.6 Å². The molecule has 2 N–H and O–H groups in total. The normalized spacial score (nSPS) is 10.4. The predicted octanol–water partition coefficient (Wildman–Crippen LogP) is 4.60. The average Bonchev–Trinajstić information content (AvgIpc) is 2.42. The van der Waals surface area contributed by atoms with Crippen LogP contribution in [0.15, 0.2) is 0 Å². The van der Waals surface area contributed by atoms with Gasteiger partial charge in [0, 0.05) is 18.4 Å². The Kier molecular flexibility index (Phi) is 15.6. The summed E-state index contributed by atoms with van der Waals surface area (Å²) in [4.78, 5) is 11.2. The predicted molar refractivity (Wildman–Crippen MR) is 87.0 cm³/mol. The van der Waals surface area contributed by atoms with E-state index in [0.717, 1.165) is 18.3 Å². The smallest absolute Gasteiger partial charge is 0.314 e. The van der Waals surface area contributed by atoms with Crippen molar-refractivity contribution >= 4 is 22.0 Å². The third kappa shape index (κ3) is 15.7. The Morgan fingerprint density at radius 3 is 1.79 bits per heavy atom. The molecule has 0 saturated carbocycles. The summed E-state index contributed by atoms with van der Waals surface area (Å²) in [7, 11) is 0. The molecule has 4 heteroatoms. The molecule has 19 heavy (non-hydrogen) atoms. The summed E-state index contributed by atoms with van der Waals surface area (Å²) < 4.78 is 0. The van der Waals surface area contributed by atoms with E-state index in [0.29, 0.717) is 6.54 Å². The summed E-state index contributed by atoms with van der Waals surface area (Å²) in [5.74, 6) is 0. The fourth-order valence-corrected chi connectivity index (χ4v) is 2.24. The lowest BCUT2D eigenvalue weighted by molar-refractivity contribution is 0.241. The quantitative estimate of drug-likeness (QED) is 0.375. The molecule has 114 valence electrons. The highest BCUT2D eigenvalue weighted by molar-refractivity contribution is 9.09. The van der Waals surface area contributed by atoms with Crippen molar-refractivity contribution in [3.8, 4) is 0 Å². The van der Waals surface area contributed by atoms with Crippen molar-refractivity contribution in [3.05, 3.63) is 0 Å². The van der Waals surface area contributed by atoms with E-state index in [-0.39, 0.29) is 6.03 Å². The number of alkyl halides is 1. The van der Waals surface area contributed by atoms with Crippen LogP contribution in [0.2, 0.25) is 0 Å². The maximum absolute atomic E-state index is 11.2. The van der Waals surface area contributed by atoms with Gasteiger partial charge in [-0.25, -0.2) is 4.79 Å². The van der Waals surface area contributed by atoms with Crippen molar-refractivity contribution in [3.63, 3.8) is 0 Å². The maximum Gasteiger partial charge on any atom is 0.314 e. The number of hydrogen-bond donors (Lipinski definition) is 2. The van der Waals surface area contributed by atoms with Gasteiger partial charge in [-0.1, -0.05) is 80.6 Å². The second-order valence-electron chi connectivity index (χ2n) is 5.05. The lowest BCUT2D eigenvalue weighted by Crippen LogP contribution is -2.36. The molecule has 0 aromatic carbocycles. The Morgan fingerprint density at radius 1 is 0.789 bits per heavy atom. The number of hydrogen-bond acceptors (Lipinski definition) is 1. The van der Waals surface area contributed by atoms with Crippen LogP contribution in [0.5, 0.6) is 0 Å². The standard InChI is InChI=1S/C15H31BrN2O/c1-2-3-4-5-6-7-8-9-10-11-13-17-15(19)18-14-12-16/h2-14H2,1H3,(H2,17,18,19). The number of nitrogens with one attached hydrogen (secondary N) is 2. The number of unbranched alkanes of at least 4 members (excludes halogenated alkanes) is 9. The van der Waals surface area contributed by atoms with Gasteiger partial charge in [-0.3, -0.25) is 0 Å². The molecule has 0 radical (unpaired) electrons. The molecule has 0 aliphatic carbocycles. The summed E-state index contributed by atoms with van der Waals surface area (Å²) in [6, 6.07) is -0.0459. The third-order valence-electron chi connectivity index (χ3n) is 3.20. The minimum atomic E-state index is -0.0459. The Balaban J connectivity index is 3.04. The van der Waals surface area contributed by atoms with Crippen molar-refractivity contribution < 1.29 is 4.79 Å². The largest absolute Gasteiger partial charge is 0.338 e. The van der Waals surface area contributed by atoms with Gasteiger partial charge in [-0.2, -0.15) is 0 Å². The molecule has 0 rings (SSSR count). The second-order valence-corrected chi connectivity index (χ2v) is 5.85. The van der Waals surface area contributed by atoms with Crippen molar-refractivity contribution in [2.45, 2.75) is 71.1 Å². The second kappa shape index (κ2) is 15.8. The molecule has 0 aliphatic rings. The van der Waals surface area contributed by atoms with Crippen LogP contribution in [-0.4, -0.2) is 24.5 Å². The van der Waals surface area contributed by atoms with Gasteiger partial charge >= 0.3 is 6.03 Å². The van der Waals surface area contributed by atoms with E-state index in [4.69, 9.17) is 0 Å². The summed E-state index contributed by atoms with van der Waals surface area (Å²) in [6.45, 7) is 3.74. The monoisotopic (exact) mass is 334 g/mol. The number of urea groups is 1. The van der Waals surface area contributed by atoms with Crippen LogP contribution in [0, 0.1) is 0 Å². The van der Waals surface area contributed by atoms with Crippen LogP contribution in [0.25, 0.3) is 0 Å². The highest BCUT2D eigenvalue weighted by Crippen LogP contribution is 2.10. The minimum Gasteiger partial charge on any atom is -0.338 e. The Labute approximate surface area is 127 Å². The van der Waals surface area contributed by atoms with Crippen molar-refractivity contribution in [1.82, 2.24) is 10.6 Å². The molecular weight excluding hydrogens is 304 g/mol. The Hall–Kier alpha value is -0.250. The highest BCUT2D eigenvalue weighted by atomic mass is 79.9. The minimum absolute atomic E-state index is 0.0459. The molecule has 0 atom stereocenters. The molecule has 2 amide bonds. The van der Waals surface area contributed by atoms with Crippen LogP contribution in [0.3, 0.4) is 0 Å². The number of carbonyl (C=O) groups excluding carboxylic acids is 1. The number of halogens is 1. The number of amides is 2. The summed E-state index contributed by atoms with van der Waals surface area (Å²) in [5, 5.41) is 6.45. The van der Waals surface area contributed by atoms with E-state index in [1.807, 2.05) is 0 Å². The van der Waals surface area contributed by atoms with Crippen LogP contribution in [0.1, 0.15) is 71.1 Å². The topological polar surface area (TPSA) is 41.1 Å². The molecular formula is C15H31BrN2O. The third-order valence-corrected chi connectivity index (χ3v) is 3.59. The van der Waals surface area contributed by atoms with Gasteiger partial charge < -0.3 is 10.6 Å². The first-order valence-electron chi connectivity index (χ1n) is 7.89. The molecule has 0 aromatic rings. The van der Waals surface area contributed by atoms with E-state index in [1.54, 1.807) is 0 Å². The molecule has 0 bridgehead atoms. The Morgan fingerprint density at radius 2 is 1.26 bits per heavy atom. The zero-order valence-corrected chi connectivity index (χ0v) is 14.1. The molecule has 0 heterocycles. The molecule has 0 aliphatic heterocycles. The van der Waals surface area contributed by atoms with Gasteiger partial charge in [-0.05, 0) is 6.42 Å². The average molecular weight is 335 g/mol. The van der Waals surface area contributed by atoms with Crippen LogP contribution in [0.4, 0.5) is 4.79 Å². The van der Waals surface area contributed by atoms with E-state index < -0.39 is 0 Å². The highest BCUT2D eigenvalue weighted by Gasteiger charge is 1.97. The van der Waals surface area contributed by atoms with E-state index in [2.05, 4.69) is 33.5 Å². The van der Waals surface area contributed by atoms with Crippen LogP contribution in [-0.2, 0) is 0 Å². The van der Waals surface area contributed by atoms with E-state index in [9.17, 15) is 4.79 Å². The van der Waals surface area contributed by atoms with Crippen molar-refractivity contribution in [1.29, 1.82) is 0 Å². The molecule has 3 nitrogen and oxygen atoms in total. The SMILES string of the molecule is CCCCCCCCCCCCNC(=O)NCCBr. The Bertz CT molecular complexity index is 201. The zero-order chi connectivity index (χ0) is 14.2. The lowest BCUT2D eigenvalue weighted by Gasteiger charge is -2.06. The fraction of sp³-hybridized carbons (Fsp3) is 0.933. The molecule has 0 fully saturated rings. The van der Waals surface area contributed by atoms with Gasteiger partial charge in [0.15, 0.2) is 0 Å². The van der Waals surface area contributed by atoms with Gasteiger partial charge in [0.25, 0.3) is 0 Å². The van der Waals surface area contributed by atoms with Crippen molar-refractivity contribution in [2.75, 3.05) is 18.4 Å². The molecule has 0 saturated heterocycles. The molecule has 0 spiro atoms. The van der Waals surface area contributed by atoms with Crippen LogP contribution >= 0.6 is 15.9 Å². The summed E-state index contributed by atoms with van der Waals surface area (Å²) >= 11 is 3.27. The first-order chi connectivity index (χ1) is 9.31. The number of carbonyl (C=O) groups is 1. The number of rotatable bonds is 13. The first kappa shape index (κ1) is 18.8. The van der Waals surface area contributed by atoms with Gasteiger partial charge in [0.05, 0.1) is 0 Å². The maximum atomic E-state index is 11.2. The molecule has 0 unspecified atom stereocenters. The fourth-order valence-electron chi connectivity index (χ4n) is 2.04. The van der Waals surface area contributed by atoms with Gasteiger partial charge in [-0.15, -0.1) is 0 Å². The van der Waals surface area contributed by atoms with E-state index in [1.165, 1.54) is 57.8 Å². The van der Waals surface area contributed by atoms with Gasteiger partial charge in [0.1, 0.15) is 0 Å². The molecule has 0 aromatic heterocycles. The zero-order valence-electron chi connectivity index (χ0n) is 12.5. The first-order valence-corrected chi connectivity index (χ1v) is 9.01. The lowest BCUT2D eigenvalue weighted by atomic mass is 10.1. The van der Waals surface area contributed by atoms with Gasteiger partial charge in [0.2, 0.25) is 0 Å². The van der Waals surface area contributed by atoms with Crippen molar-refractivity contribution in [2.24, 2.45) is 0 Å². The summed E-state index contributed by atoms with van der Waals surface area (Å²) in [5.41, 5.74) is 0. The van der Waals surface area contributed by atoms with E-state index >= 15 is 0 Å². The summed E-state index contributed by atoms with van der Waals surface area (Å²) in [6.07, 6.45) is 13.3.